The van der Waals surface area contributed by atoms with Crippen LogP contribution in [0.3, 0.4) is 0 Å². The van der Waals surface area contributed by atoms with Crippen molar-refractivity contribution in [2.24, 2.45) is 0 Å². The standard InChI is InChI=1S/C18H16BrN3O2S/c1-12(25-15-8-3-2-4-9-15)18(23)20-11-16-21-17(22-24-16)13-6-5-7-14(19)10-13/h2-10,12H,11H2,1H3,(H,20,23). The molecular formula is C18H16BrN3O2S. The summed E-state index contributed by atoms with van der Waals surface area (Å²) in [7, 11) is 0. The molecule has 0 spiro atoms. The van der Waals surface area contributed by atoms with E-state index in [2.05, 4.69) is 31.4 Å². The van der Waals surface area contributed by atoms with E-state index in [4.69, 9.17) is 4.52 Å². The maximum absolute atomic E-state index is 12.2. The maximum atomic E-state index is 12.2. The monoisotopic (exact) mass is 417 g/mol. The average molecular weight is 418 g/mol. The van der Waals surface area contributed by atoms with Crippen LogP contribution < -0.4 is 5.32 Å². The van der Waals surface area contributed by atoms with Crippen LogP contribution in [-0.2, 0) is 11.3 Å². The fourth-order valence-electron chi connectivity index (χ4n) is 2.13. The fourth-order valence-corrected chi connectivity index (χ4v) is 3.45. The molecule has 5 nitrogen and oxygen atoms in total. The quantitative estimate of drug-likeness (QED) is 0.605. The number of aromatic nitrogens is 2. The molecule has 0 aliphatic rings. The van der Waals surface area contributed by atoms with Gasteiger partial charge in [-0.25, -0.2) is 0 Å². The predicted octanol–water partition coefficient (Wildman–Crippen LogP) is 4.30. The van der Waals surface area contributed by atoms with Crippen molar-refractivity contribution in [3.63, 3.8) is 0 Å². The summed E-state index contributed by atoms with van der Waals surface area (Å²) in [6, 6.07) is 17.5. The molecule has 7 heteroatoms. The van der Waals surface area contributed by atoms with E-state index in [0.29, 0.717) is 11.7 Å². The highest BCUT2D eigenvalue weighted by Gasteiger charge is 2.16. The Bertz CT molecular complexity index is 854. The van der Waals surface area contributed by atoms with Gasteiger partial charge < -0.3 is 9.84 Å². The van der Waals surface area contributed by atoms with Gasteiger partial charge in [-0.1, -0.05) is 51.4 Å². The van der Waals surface area contributed by atoms with E-state index < -0.39 is 0 Å². The SMILES string of the molecule is CC(Sc1ccccc1)C(=O)NCc1nc(-c2cccc(Br)c2)no1. The molecule has 1 atom stereocenters. The molecule has 0 saturated carbocycles. The zero-order valence-electron chi connectivity index (χ0n) is 13.5. The number of nitrogens with one attached hydrogen (secondary N) is 1. The normalized spacial score (nSPS) is 11.9. The number of halogens is 1. The number of carbonyl (C=O) groups is 1. The molecule has 1 unspecified atom stereocenters. The second kappa shape index (κ2) is 8.31. The first-order valence-electron chi connectivity index (χ1n) is 7.70. The molecule has 25 heavy (non-hydrogen) atoms. The predicted molar refractivity (Wildman–Crippen MR) is 101 cm³/mol. The lowest BCUT2D eigenvalue weighted by atomic mass is 10.2. The Balaban J connectivity index is 1.56. The third-order valence-electron chi connectivity index (χ3n) is 3.39. The van der Waals surface area contributed by atoms with Crippen LogP contribution in [-0.4, -0.2) is 21.3 Å². The topological polar surface area (TPSA) is 68.0 Å². The van der Waals surface area contributed by atoms with Gasteiger partial charge in [0.25, 0.3) is 0 Å². The van der Waals surface area contributed by atoms with Crippen LogP contribution in [0.2, 0.25) is 0 Å². The minimum atomic E-state index is -0.213. The van der Waals surface area contributed by atoms with Gasteiger partial charge >= 0.3 is 0 Å². The lowest BCUT2D eigenvalue weighted by molar-refractivity contribution is -0.120. The molecule has 3 rings (SSSR count). The van der Waals surface area contributed by atoms with Crippen LogP contribution in [0, 0.1) is 0 Å². The van der Waals surface area contributed by atoms with Gasteiger partial charge in [0.05, 0.1) is 11.8 Å². The summed E-state index contributed by atoms with van der Waals surface area (Å²) in [5.74, 6) is 0.800. The summed E-state index contributed by atoms with van der Waals surface area (Å²) in [5, 5.41) is 6.57. The molecule has 0 radical (unpaired) electrons. The average Bonchev–Trinajstić information content (AvgIpc) is 3.09. The first-order valence-corrected chi connectivity index (χ1v) is 9.37. The molecule has 2 aromatic carbocycles. The zero-order valence-corrected chi connectivity index (χ0v) is 15.9. The highest BCUT2D eigenvalue weighted by atomic mass is 79.9. The molecule has 0 fully saturated rings. The van der Waals surface area contributed by atoms with Crippen LogP contribution in [0.1, 0.15) is 12.8 Å². The van der Waals surface area contributed by atoms with Crippen molar-refractivity contribution < 1.29 is 9.32 Å². The number of rotatable bonds is 6. The van der Waals surface area contributed by atoms with E-state index in [1.807, 2.05) is 61.5 Å². The van der Waals surface area contributed by atoms with Crippen molar-refractivity contribution in [1.29, 1.82) is 0 Å². The Labute approximate surface area is 158 Å². The van der Waals surface area contributed by atoms with Crippen molar-refractivity contribution in [2.75, 3.05) is 0 Å². The van der Waals surface area contributed by atoms with Gasteiger partial charge in [0.15, 0.2) is 0 Å². The molecule has 0 bridgehead atoms. The maximum Gasteiger partial charge on any atom is 0.246 e. The van der Waals surface area contributed by atoms with Crippen LogP contribution in [0.15, 0.2) is 68.5 Å². The largest absolute Gasteiger partial charge is 0.346 e. The smallest absolute Gasteiger partial charge is 0.246 e. The Kier molecular flexibility index (Phi) is 5.88. The molecule has 1 heterocycles. The second-order valence-corrected chi connectivity index (χ2v) is 7.64. The van der Waals surface area contributed by atoms with Crippen molar-refractivity contribution in [3.05, 3.63) is 65.0 Å². The number of thioether (sulfide) groups is 1. The van der Waals surface area contributed by atoms with Gasteiger partial charge in [-0.15, -0.1) is 11.8 Å². The first kappa shape index (κ1) is 17.7. The summed E-state index contributed by atoms with van der Waals surface area (Å²) >= 11 is 4.92. The highest BCUT2D eigenvalue weighted by Crippen LogP contribution is 2.23. The molecule has 1 amide bonds. The van der Waals surface area contributed by atoms with E-state index in [1.54, 1.807) is 0 Å². The van der Waals surface area contributed by atoms with Gasteiger partial charge in [0.2, 0.25) is 17.6 Å². The summed E-state index contributed by atoms with van der Waals surface area (Å²) in [4.78, 5) is 17.6. The third kappa shape index (κ3) is 4.93. The first-order chi connectivity index (χ1) is 12.1. The van der Waals surface area contributed by atoms with Crippen LogP contribution in [0.4, 0.5) is 0 Å². The number of hydrogen-bond acceptors (Lipinski definition) is 5. The zero-order chi connectivity index (χ0) is 17.6. The highest BCUT2D eigenvalue weighted by molar-refractivity contribution is 9.10. The number of carbonyl (C=O) groups excluding carboxylic acids is 1. The fraction of sp³-hybridized carbons (Fsp3) is 0.167. The van der Waals surface area contributed by atoms with Crippen molar-refractivity contribution in [2.45, 2.75) is 23.6 Å². The van der Waals surface area contributed by atoms with E-state index >= 15 is 0 Å². The molecule has 3 aromatic rings. The van der Waals surface area contributed by atoms with E-state index in [0.717, 1.165) is 14.9 Å². The van der Waals surface area contributed by atoms with Crippen molar-refractivity contribution >= 4 is 33.6 Å². The lowest BCUT2D eigenvalue weighted by Crippen LogP contribution is -2.30. The Morgan fingerprint density at radius 2 is 2.04 bits per heavy atom. The molecule has 1 aromatic heterocycles. The second-order valence-electron chi connectivity index (χ2n) is 5.31. The molecule has 1 N–H and O–H groups in total. The number of hydrogen-bond donors (Lipinski definition) is 1. The lowest BCUT2D eigenvalue weighted by Gasteiger charge is -2.10. The molecule has 0 saturated heterocycles. The number of benzene rings is 2. The minimum absolute atomic E-state index is 0.0731. The van der Waals surface area contributed by atoms with E-state index in [-0.39, 0.29) is 17.7 Å². The van der Waals surface area contributed by atoms with E-state index in [9.17, 15) is 4.79 Å². The third-order valence-corrected chi connectivity index (χ3v) is 5.00. The Morgan fingerprint density at radius 1 is 1.24 bits per heavy atom. The molecule has 128 valence electrons. The van der Waals surface area contributed by atoms with Crippen LogP contribution in [0.5, 0.6) is 0 Å². The molecule has 0 aliphatic heterocycles. The summed E-state index contributed by atoms with van der Waals surface area (Å²) in [6.45, 7) is 2.08. The van der Waals surface area contributed by atoms with Gasteiger partial charge in [-0.3, -0.25) is 4.79 Å². The van der Waals surface area contributed by atoms with Gasteiger partial charge in [0, 0.05) is 14.9 Å². The van der Waals surface area contributed by atoms with Gasteiger partial charge in [-0.2, -0.15) is 4.98 Å². The minimum Gasteiger partial charge on any atom is -0.346 e. The number of nitrogens with zero attached hydrogens (tertiary/aromatic N) is 2. The van der Waals surface area contributed by atoms with Gasteiger partial charge in [-0.05, 0) is 31.2 Å². The molecule has 0 aliphatic carbocycles. The summed E-state index contributed by atoms with van der Waals surface area (Å²) < 4.78 is 6.15. The molecular weight excluding hydrogens is 402 g/mol. The van der Waals surface area contributed by atoms with Gasteiger partial charge in [0.1, 0.15) is 0 Å². The number of amides is 1. The van der Waals surface area contributed by atoms with Crippen molar-refractivity contribution in [1.82, 2.24) is 15.5 Å². The van der Waals surface area contributed by atoms with Crippen LogP contribution >= 0.6 is 27.7 Å². The van der Waals surface area contributed by atoms with Crippen LogP contribution in [0.25, 0.3) is 11.4 Å². The summed E-state index contributed by atoms with van der Waals surface area (Å²) in [5.41, 5.74) is 0.851. The Hall–Kier alpha value is -2.12. The summed E-state index contributed by atoms with van der Waals surface area (Å²) in [6.07, 6.45) is 0. The van der Waals surface area contributed by atoms with Crippen molar-refractivity contribution in [3.8, 4) is 11.4 Å². The Morgan fingerprint density at radius 3 is 2.80 bits per heavy atom. The van der Waals surface area contributed by atoms with E-state index in [1.165, 1.54) is 11.8 Å².